The van der Waals surface area contributed by atoms with E-state index in [9.17, 15) is 4.79 Å². The van der Waals surface area contributed by atoms with E-state index in [1.165, 1.54) is 0 Å². The Balaban J connectivity index is 1.41. The number of hydrogen-bond donors (Lipinski definition) is 2. The third-order valence-electron chi connectivity index (χ3n) is 5.96. The van der Waals surface area contributed by atoms with E-state index in [1.54, 1.807) is 16.8 Å². The number of nitrogens with zero attached hydrogens (tertiary/aromatic N) is 4. The van der Waals surface area contributed by atoms with Gasteiger partial charge in [0, 0.05) is 27.0 Å². The van der Waals surface area contributed by atoms with Gasteiger partial charge in [-0.05, 0) is 65.7 Å². The largest absolute Gasteiger partial charge is 0.489 e. The Morgan fingerprint density at radius 3 is 2.61 bits per heavy atom. The molecule has 4 aromatic rings. The molecule has 2 N–H and O–H groups in total. The Kier molecular flexibility index (Phi) is 6.63. The average molecular weight is 521 g/mol. The number of carbonyl (C=O) groups excluding carboxylic acids is 1. The van der Waals surface area contributed by atoms with Gasteiger partial charge in [0.25, 0.3) is 5.91 Å². The number of rotatable bonds is 6. The second kappa shape index (κ2) is 10.0. The Bertz CT molecular complexity index is 1470. The number of halogens is 2. The van der Waals surface area contributed by atoms with E-state index in [-0.39, 0.29) is 5.91 Å². The Morgan fingerprint density at radius 1 is 1.08 bits per heavy atom. The highest BCUT2D eigenvalue weighted by Gasteiger charge is 2.34. The topological polar surface area (TPSA) is 94.0 Å². The van der Waals surface area contributed by atoms with Gasteiger partial charge in [-0.15, -0.1) is 0 Å². The molecule has 1 unspecified atom stereocenters. The number of fused-ring (bicyclic) bond motifs is 1. The van der Waals surface area contributed by atoms with Crippen molar-refractivity contribution in [1.29, 1.82) is 0 Å². The third kappa shape index (κ3) is 4.78. The summed E-state index contributed by atoms with van der Waals surface area (Å²) >= 11 is 12.2. The van der Waals surface area contributed by atoms with Crippen LogP contribution in [0.5, 0.6) is 5.75 Å². The van der Waals surface area contributed by atoms with E-state index in [4.69, 9.17) is 27.9 Å². The minimum Gasteiger partial charge on any atom is -0.489 e. The lowest BCUT2D eigenvalue weighted by atomic mass is 9.95. The molecule has 0 saturated heterocycles. The summed E-state index contributed by atoms with van der Waals surface area (Å²) in [5.41, 5.74) is 4.56. The fourth-order valence-electron chi connectivity index (χ4n) is 4.06. The summed E-state index contributed by atoms with van der Waals surface area (Å²) < 4.78 is 7.52. The number of hydrogen-bond acceptors (Lipinski definition) is 6. The van der Waals surface area contributed by atoms with Gasteiger partial charge in [0.15, 0.2) is 0 Å². The number of nitrogens with one attached hydrogen (secondary N) is 2. The smallest absolute Gasteiger partial charge is 0.255 e. The van der Waals surface area contributed by atoms with E-state index < -0.39 is 6.04 Å². The molecule has 0 saturated carbocycles. The van der Waals surface area contributed by atoms with Crippen LogP contribution in [-0.2, 0) is 11.4 Å². The first-order valence-electron chi connectivity index (χ1n) is 11.2. The summed E-state index contributed by atoms with van der Waals surface area (Å²) in [7, 11) is 0. The fraction of sp³-hybridized carbons (Fsp3) is 0.154. The Morgan fingerprint density at radius 2 is 1.86 bits per heavy atom. The van der Waals surface area contributed by atoms with Gasteiger partial charge in [-0.3, -0.25) is 4.79 Å². The standard InChI is InChI=1S/C26H22Cl2N6O2/c1-15-5-3-4-6-22(15)30-25(35)23-16(2)29-26-31-32-33-34(26)24(23)17-8-11-20(12-9-17)36-14-18-7-10-19(27)13-21(18)28/h3-13,24H,14H2,1-2H3,(H,30,35)(H,29,31,33). The SMILES string of the molecule is CC1=C(C(=O)Nc2ccccc2C)C(c2ccc(OCc3ccc(Cl)cc3Cl)cc2)n2nnnc2N1. The van der Waals surface area contributed by atoms with Crippen molar-refractivity contribution in [3.8, 4) is 5.75 Å². The van der Waals surface area contributed by atoms with Crippen molar-refractivity contribution >= 4 is 40.7 Å². The van der Waals surface area contributed by atoms with Crippen molar-refractivity contribution in [3.05, 3.63) is 105 Å². The lowest BCUT2D eigenvalue weighted by Crippen LogP contribution is -2.31. The molecule has 0 fully saturated rings. The first kappa shape index (κ1) is 23.8. The van der Waals surface area contributed by atoms with Crippen LogP contribution in [0.15, 0.2) is 78.0 Å². The van der Waals surface area contributed by atoms with Gasteiger partial charge in [-0.25, -0.2) is 0 Å². The number of allylic oxidation sites excluding steroid dienone is 1. The summed E-state index contributed by atoms with van der Waals surface area (Å²) in [4.78, 5) is 13.5. The van der Waals surface area contributed by atoms with Crippen LogP contribution in [0.4, 0.5) is 11.6 Å². The molecule has 5 rings (SSSR count). The number of ether oxygens (including phenoxy) is 1. The molecule has 36 heavy (non-hydrogen) atoms. The molecule has 0 radical (unpaired) electrons. The zero-order chi connectivity index (χ0) is 25.2. The van der Waals surface area contributed by atoms with Crippen molar-refractivity contribution in [2.75, 3.05) is 10.6 Å². The zero-order valence-corrected chi connectivity index (χ0v) is 21.0. The fourth-order valence-corrected chi connectivity index (χ4v) is 4.53. The number of benzene rings is 3. The zero-order valence-electron chi connectivity index (χ0n) is 19.5. The lowest BCUT2D eigenvalue weighted by molar-refractivity contribution is -0.113. The molecule has 3 aromatic carbocycles. The summed E-state index contributed by atoms with van der Waals surface area (Å²) in [6.07, 6.45) is 0. The second-order valence-electron chi connectivity index (χ2n) is 8.38. The number of carbonyl (C=O) groups is 1. The molecular weight excluding hydrogens is 499 g/mol. The van der Waals surface area contributed by atoms with Gasteiger partial charge in [0.05, 0.1) is 5.57 Å². The number of tetrazole rings is 1. The maximum atomic E-state index is 13.5. The molecule has 0 bridgehead atoms. The van der Waals surface area contributed by atoms with Crippen LogP contribution in [0.2, 0.25) is 10.0 Å². The first-order valence-corrected chi connectivity index (χ1v) is 12.0. The van der Waals surface area contributed by atoms with Crippen LogP contribution < -0.4 is 15.4 Å². The van der Waals surface area contributed by atoms with Crippen molar-refractivity contribution in [2.45, 2.75) is 26.5 Å². The Hall–Kier alpha value is -3.88. The molecular formula is C26H22Cl2N6O2. The highest BCUT2D eigenvalue weighted by atomic mass is 35.5. The highest BCUT2D eigenvalue weighted by molar-refractivity contribution is 6.35. The minimum absolute atomic E-state index is 0.238. The van der Waals surface area contributed by atoms with E-state index >= 15 is 0 Å². The van der Waals surface area contributed by atoms with Crippen molar-refractivity contribution in [2.24, 2.45) is 0 Å². The van der Waals surface area contributed by atoms with Gasteiger partial charge in [-0.1, -0.05) is 64.7 Å². The number of aromatic nitrogens is 4. The maximum Gasteiger partial charge on any atom is 0.255 e. The molecule has 0 spiro atoms. The maximum absolute atomic E-state index is 13.5. The molecule has 1 amide bonds. The van der Waals surface area contributed by atoms with Crippen molar-refractivity contribution in [1.82, 2.24) is 20.2 Å². The van der Waals surface area contributed by atoms with Gasteiger partial charge >= 0.3 is 0 Å². The molecule has 10 heteroatoms. The van der Waals surface area contributed by atoms with Gasteiger partial charge in [0.1, 0.15) is 18.4 Å². The molecule has 0 aliphatic carbocycles. The van der Waals surface area contributed by atoms with E-state index in [1.807, 2.05) is 68.4 Å². The number of amides is 1. The highest BCUT2D eigenvalue weighted by Crippen LogP contribution is 2.36. The summed E-state index contributed by atoms with van der Waals surface area (Å²) in [6, 6.07) is 19.9. The van der Waals surface area contributed by atoms with Crippen molar-refractivity contribution in [3.63, 3.8) is 0 Å². The predicted molar refractivity (Wildman–Crippen MR) is 139 cm³/mol. The monoisotopic (exact) mass is 520 g/mol. The van der Waals surface area contributed by atoms with E-state index in [2.05, 4.69) is 26.2 Å². The molecule has 1 aromatic heterocycles. The van der Waals surface area contributed by atoms with Gasteiger partial charge < -0.3 is 15.4 Å². The number of aryl methyl sites for hydroxylation is 1. The first-order chi connectivity index (χ1) is 17.4. The quantitative estimate of drug-likeness (QED) is 0.334. The lowest BCUT2D eigenvalue weighted by Gasteiger charge is -2.28. The summed E-state index contributed by atoms with van der Waals surface area (Å²) in [6.45, 7) is 4.08. The Labute approximate surface area is 217 Å². The van der Waals surface area contributed by atoms with Crippen LogP contribution in [0.3, 0.4) is 0 Å². The third-order valence-corrected chi connectivity index (χ3v) is 6.54. The van der Waals surface area contributed by atoms with E-state index in [0.717, 1.165) is 22.4 Å². The molecule has 1 aliphatic rings. The molecule has 8 nitrogen and oxygen atoms in total. The van der Waals surface area contributed by atoms with Crippen molar-refractivity contribution < 1.29 is 9.53 Å². The number of para-hydroxylation sites is 1. The van der Waals surface area contributed by atoms with E-state index in [0.29, 0.717) is 39.6 Å². The normalized spacial score (nSPS) is 14.7. The van der Waals surface area contributed by atoms with Crippen LogP contribution in [0, 0.1) is 6.92 Å². The summed E-state index contributed by atoms with van der Waals surface area (Å²) in [5.74, 6) is 0.878. The predicted octanol–water partition coefficient (Wildman–Crippen LogP) is 5.79. The molecule has 182 valence electrons. The van der Waals surface area contributed by atoms with Crippen LogP contribution in [0.1, 0.15) is 29.7 Å². The van der Waals surface area contributed by atoms with Gasteiger partial charge in [0.2, 0.25) is 5.95 Å². The van der Waals surface area contributed by atoms with Crippen LogP contribution in [-0.4, -0.2) is 26.1 Å². The molecule has 1 aliphatic heterocycles. The van der Waals surface area contributed by atoms with Gasteiger partial charge in [-0.2, -0.15) is 4.68 Å². The minimum atomic E-state index is -0.528. The second-order valence-corrected chi connectivity index (χ2v) is 9.22. The number of anilines is 2. The van der Waals surface area contributed by atoms with Crippen LogP contribution in [0.25, 0.3) is 0 Å². The molecule has 1 atom stereocenters. The van der Waals surface area contributed by atoms with Crippen LogP contribution >= 0.6 is 23.2 Å². The average Bonchev–Trinajstić information content (AvgIpc) is 3.32. The molecule has 2 heterocycles. The summed E-state index contributed by atoms with van der Waals surface area (Å²) in [5, 5.41) is 19.3.